The molecular weight excluding hydrogens is 310 g/mol. The molecule has 0 radical (unpaired) electrons. The van der Waals surface area contributed by atoms with Crippen molar-refractivity contribution >= 4 is 17.5 Å². The molecule has 2 aromatic rings. The highest BCUT2D eigenvalue weighted by atomic mass is 16.4. The Morgan fingerprint density at radius 3 is 2.75 bits per heavy atom. The number of carboxylic acid groups (broad SMARTS) is 1. The first-order chi connectivity index (χ1) is 11.4. The van der Waals surface area contributed by atoms with Crippen molar-refractivity contribution in [2.24, 2.45) is 11.8 Å². The van der Waals surface area contributed by atoms with Crippen LogP contribution in [0.25, 0.3) is 5.65 Å². The van der Waals surface area contributed by atoms with Gasteiger partial charge in [0.15, 0.2) is 0 Å². The van der Waals surface area contributed by atoms with Crippen LogP contribution in [0.15, 0.2) is 29.3 Å². The van der Waals surface area contributed by atoms with Crippen LogP contribution < -0.4 is 5.56 Å². The van der Waals surface area contributed by atoms with E-state index >= 15 is 0 Å². The van der Waals surface area contributed by atoms with Crippen LogP contribution in [0, 0.1) is 18.8 Å². The van der Waals surface area contributed by atoms with E-state index in [0.29, 0.717) is 18.6 Å². The number of hydrogen-bond acceptors (Lipinski definition) is 4. The summed E-state index contributed by atoms with van der Waals surface area (Å²) in [6.45, 7) is 4.32. The molecule has 2 atom stereocenters. The number of carbonyl (C=O) groups is 2. The number of amides is 1. The second-order valence-corrected chi connectivity index (χ2v) is 6.50. The number of carbonyl (C=O) groups excluding carboxylic acids is 1. The van der Waals surface area contributed by atoms with E-state index < -0.39 is 23.4 Å². The van der Waals surface area contributed by atoms with Gasteiger partial charge in [0.05, 0.1) is 5.92 Å². The molecule has 0 aliphatic carbocycles. The Balaban J connectivity index is 1.98. The van der Waals surface area contributed by atoms with Crippen LogP contribution in [0.1, 0.15) is 29.3 Å². The summed E-state index contributed by atoms with van der Waals surface area (Å²) in [5.74, 6) is -1.90. The molecule has 0 spiro atoms. The molecule has 1 fully saturated rings. The summed E-state index contributed by atoms with van der Waals surface area (Å²) in [5.41, 5.74) is 0.890. The van der Waals surface area contributed by atoms with Crippen LogP contribution in [0.2, 0.25) is 0 Å². The van der Waals surface area contributed by atoms with Crippen LogP contribution in [0.4, 0.5) is 0 Å². The molecule has 2 unspecified atom stereocenters. The van der Waals surface area contributed by atoms with Crippen LogP contribution in [-0.2, 0) is 4.79 Å². The van der Waals surface area contributed by atoms with Crippen molar-refractivity contribution in [1.82, 2.24) is 14.3 Å². The zero-order valence-corrected chi connectivity index (χ0v) is 13.6. The van der Waals surface area contributed by atoms with Crippen molar-refractivity contribution in [3.8, 4) is 0 Å². The number of fused-ring (bicyclic) bond motifs is 1. The molecule has 0 bridgehead atoms. The average molecular weight is 329 g/mol. The lowest BCUT2D eigenvalue weighted by atomic mass is 9.90. The zero-order valence-electron chi connectivity index (χ0n) is 13.6. The number of aryl methyl sites for hydroxylation is 1. The summed E-state index contributed by atoms with van der Waals surface area (Å²) in [6, 6.07) is 3.56. The van der Waals surface area contributed by atoms with Crippen molar-refractivity contribution in [3.63, 3.8) is 0 Å². The third-order valence-electron chi connectivity index (χ3n) is 4.38. The van der Waals surface area contributed by atoms with Gasteiger partial charge in [0.1, 0.15) is 11.2 Å². The monoisotopic (exact) mass is 329 g/mol. The maximum atomic E-state index is 12.7. The SMILES string of the molecule is Cc1ccc2ncc(C(=O)N3CC(C)CC(C(=O)O)C3)c(=O)n2c1. The van der Waals surface area contributed by atoms with Crippen LogP contribution in [0.5, 0.6) is 0 Å². The van der Waals surface area contributed by atoms with Crippen molar-refractivity contribution in [3.05, 3.63) is 46.0 Å². The molecule has 3 rings (SSSR count). The molecule has 1 N–H and O–H groups in total. The predicted octanol–water partition coefficient (Wildman–Crippen LogP) is 1.19. The van der Waals surface area contributed by atoms with Crippen molar-refractivity contribution in [1.29, 1.82) is 0 Å². The van der Waals surface area contributed by atoms with Gasteiger partial charge in [0.2, 0.25) is 0 Å². The quantitative estimate of drug-likeness (QED) is 0.893. The second-order valence-electron chi connectivity index (χ2n) is 6.50. The number of pyridine rings is 1. The van der Waals surface area contributed by atoms with E-state index in [1.165, 1.54) is 15.5 Å². The number of carboxylic acids is 1. The molecule has 1 aliphatic heterocycles. The lowest BCUT2D eigenvalue weighted by Gasteiger charge is -2.34. The highest BCUT2D eigenvalue weighted by molar-refractivity contribution is 5.94. The van der Waals surface area contributed by atoms with E-state index in [4.69, 9.17) is 0 Å². The number of aliphatic carboxylic acids is 1. The standard InChI is InChI=1S/C17H19N3O4/c1-10-3-4-14-18-6-13(16(22)20(14)8-10)15(21)19-7-11(2)5-12(9-19)17(23)24/h3-4,6,8,11-12H,5,7,9H2,1-2H3,(H,23,24). The van der Waals surface area contributed by atoms with E-state index in [-0.39, 0.29) is 18.0 Å². The van der Waals surface area contributed by atoms with Gasteiger partial charge in [0, 0.05) is 25.5 Å². The van der Waals surface area contributed by atoms with Crippen molar-refractivity contribution in [2.75, 3.05) is 13.1 Å². The molecule has 1 saturated heterocycles. The maximum absolute atomic E-state index is 12.7. The van der Waals surface area contributed by atoms with E-state index in [2.05, 4.69) is 4.98 Å². The molecule has 2 aromatic heterocycles. The Morgan fingerprint density at radius 2 is 2.04 bits per heavy atom. The zero-order chi connectivity index (χ0) is 17.4. The van der Waals surface area contributed by atoms with Gasteiger partial charge < -0.3 is 10.0 Å². The summed E-state index contributed by atoms with van der Waals surface area (Å²) in [5, 5.41) is 9.24. The van der Waals surface area contributed by atoms with Crippen LogP contribution in [0.3, 0.4) is 0 Å². The van der Waals surface area contributed by atoms with E-state index in [1.807, 2.05) is 19.9 Å². The minimum atomic E-state index is -0.914. The maximum Gasteiger partial charge on any atom is 0.308 e. The number of likely N-dealkylation sites (tertiary alicyclic amines) is 1. The summed E-state index contributed by atoms with van der Waals surface area (Å²) in [4.78, 5) is 42.3. The van der Waals surface area contributed by atoms with Gasteiger partial charge in [-0.25, -0.2) is 4.98 Å². The number of rotatable bonds is 2. The Hall–Kier alpha value is -2.70. The van der Waals surface area contributed by atoms with Gasteiger partial charge in [0.25, 0.3) is 11.5 Å². The molecular formula is C17H19N3O4. The molecule has 0 aromatic carbocycles. The lowest BCUT2D eigenvalue weighted by Crippen LogP contribution is -2.47. The number of nitrogens with zero attached hydrogens (tertiary/aromatic N) is 3. The fourth-order valence-corrected chi connectivity index (χ4v) is 3.20. The molecule has 0 saturated carbocycles. The minimum absolute atomic E-state index is 0.0312. The Bertz CT molecular complexity index is 874. The van der Waals surface area contributed by atoms with Gasteiger partial charge in [-0.05, 0) is 30.9 Å². The Kier molecular flexibility index (Phi) is 4.09. The molecule has 24 heavy (non-hydrogen) atoms. The third-order valence-corrected chi connectivity index (χ3v) is 4.38. The summed E-state index contributed by atoms with van der Waals surface area (Å²) >= 11 is 0. The first kappa shape index (κ1) is 16.2. The molecule has 7 nitrogen and oxygen atoms in total. The predicted molar refractivity (Wildman–Crippen MR) is 87.0 cm³/mol. The highest BCUT2D eigenvalue weighted by Crippen LogP contribution is 2.22. The normalized spacial score (nSPS) is 21.0. The second kappa shape index (κ2) is 6.07. The molecule has 1 amide bonds. The Labute approximate surface area is 138 Å². The third kappa shape index (κ3) is 2.89. The summed E-state index contributed by atoms with van der Waals surface area (Å²) in [7, 11) is 0. The number of piperidine rings is 1. The van der Waals surface area contributed by atoms with Gasteiger partial charge in [-0.2, -0.15) is 0 Å². The first-order valence-corrected chi connectivity index (χ1v) is 7.87. The molecule has 7 heteroatoms. The minimum Gasteiger partial charge on any atom is -0.481 e. The van der Waals surface area contributed by atoms with E-state index in [0.717, 1.165) is 5.56 Å². The molecule has 1 aliphatic rings. The van der Waals surface area contributed by atoms with Gasteiger partial charge in [-0.3, -0.25) is 18.8 Å². The molecule has 126 valence electrons. The smallest absolute Gasteiger partial charge is 0.308 e. The summed E-state index contributed by atoms with van der Waals surface area (Å²) in [6.07, 6.45) is 3.46. The van der Waals surface area contributed by atoms with E-state index in [1.54, 1.807) is 12.3 Å². The highest BCUT2D eigenvalue weighted by Gasteiger charge is 2.33. The molecule has 3 heterocycles. The van der Waals surface area contributed by atoms with Crippen LogP contribution in [-0.4, -0.2) is 44.4 Å². The number of aromatic nitrogens is 2. The largest absolute Gasteiger partial charge is 0.481 e. The number of hydrogen-bond donors (Lipinski definition) is 1. The topological polar surface area (TPSA) is 92.0 Å². The van der Waals surface area contributed by atoms with Crippen LogP contribution >= 0.6 is 0 Å². The first-order valence-electron chi connectivity index (χ1n) is 7.87. The van der Waals surface area contributed by atoms with Gasteiger partial charge in [-0.15, -0.1) is 0 Å². The fraction of sp³-hybridized carbons (Fsp3) is 0.412. The van der Waals surface area contributed by atoms with Crippen molar-refractivity contribution < 1.29 is 14.7 Å². The van der Waals surface area contributed by atoms with Gasteiger partial charge >= 0.3 is 5.97 Å². The Morgan fingerprint density at radius 1 is 1.29 bits per heavy atom. The van der Waals surface area contributed by atoms with Crippen molar-refractivity contribution in [2.45, 2.75) is 20.3 Å². The fourth-order valence-electron chi connectivity index (χ4n) is 3.20. The summed E-state index contributed by atoms with van der Waals surface area (Å²) < 4.78 is 1.35. The average Bonchev–Trinajstić information content (AvgIpc) is 2.54. The lowest BCUT2D eigenvalue weighted by molar-refractivity contribution is -0.143. The van der Waals surface area contributed by atoms with Gasteiger partial charge in [-0.1, -0.05) is 13.0 Å². The van der Waals surface area contributed by atoms with E-state index in [9.17, 15) is 19.5 Å².